The maximum absolute atomic E-state index is 11.9. The summed E-state index contributed by atoms with van der Waals surface area (Å²) in [6.45, 7) is 0.573. The van der Waals surface area contributed by atoms with Crippen molar-refractivity contribution >= 4 is 40.1 Å². The Hall–Kier alpha value is -3.19. The molecule has 0 saturated carbocycles. The molecule has 0 bridgehead atoms. The third-order valence-electron chi connectivity index (χ3n) is 5.51. The number of H-pyrrole nitrogens is 1. The van der Waals surface area contributed by atoms with E-state index in [9.17, 15) is 9.90 Å². The van der Waals surface area contributed by atoms with E-state index >= 15 is 0 Å². The lowest BCUT2D eigenvalue weighted by atomic mass is 10.0. The molecule has 0 aliphatic carbocycles. The van der Waals surface area contributed by atoms with E-state index in [2.05, 4.69) is 10.3 Å². The molecule has 176 valence electrons. The molecule has 0 aliphatic rings. The molecule has 8 heteroatoms. The van der Waals surface area contributed by atoms with E-state index in [4.69, 9.17) is 32.7 Å². The number of aromatic nitrogens is 1. The quantitative estimate of drug-likeness (QED) is 0.255. The molecule has 4 aromatic rings. The number of rotatable bonds is 10. The summed E-state index contributed by atoms with van der Waals surface area (Å²) < 4.78 is 11.4. The number of para-hydroxylation sites is 1. The molecule has 1 atom stereocenters. The fourth-order valence-corrected chi connectivity index (χ4v) is 4.31. The molecule has 3 aromatic carbocycles. The van der Waals surface area contributed by atoms with Crippen LogP contribution in [0.5, 0.6) is 11.5 Å². The number of benzene rings is 3. The number of halogens is 2. The minimum absolute atomic E-state index is 0.278. The molecule has 0 saturated heterocycles. The van der Waals surface area contributed by atoms with E-state index in [0.717, 1.165) is 27.6 Å². The van der Waals surface area contributed by atoms with Crippen LogP contribution in [0.15, 0.2) is 66.9 Å². The molecule has 34 heavy (non-hydrogen) atoms. The van der Waals surface area contributed by atoms with Crippen LogP contribution in [0.4, 0.5) is 0 Å². The highest BCUT2D eigenvalue weighted by molar-refractivity contribution is 6.32. The monoisotopic (exact) mass is 498 g/mol. The maximum Gasteiger partial charge on any atom is 0.321 e. The minimum Gasteiger partial charge on any atom is -0.493 e. The van der Waals surface area contributed by atoms with Crippen LogP contribution >= 0.6 is 23.2 Å². The number of carboxylic acid groups (broad SMARTS) is 1. The second-order valence-corrected chi connectivity index (χ2v) is 8.71. The fourth-order valence-electron chi connectivity index (χ4n) is 3.81. The van der Waals surface area contributed by atoms with Gasteiger partial charge >= 0.3 is 5.97 Å². The van der Waals surface area contributed by atoms with Crippen LogP contribution in [0.1, 0.15) is 16.7 Å². The van der Waals surface area contributed by atoms with E-state index in [1.807, 2.05) is 48.7 Å². The van der Waals surface area contributed by atoms with E-state index in [1.165, 1.54) is 7.11 Å². The fraction of sp³-hybridized carbons (Fsp3) is 0.192. The van der Waals surface area contributed by atoms with Crippen LogP contribution in [0.2, 0.25) is 10.0 Å². The molecular formula is C26H24Cl2N2O4. The van der Waals surface area contributed by atoms with Crippen molar-refractivity contribution in [3.63, 3.8) is 0 Å². The van der Waals surface area contributed by atoms with E-state index in [0.29, 0.717) is 34.5 Å². The van der Waals surface area contributed by atoms with Gasteiger partial charge in [-0.15, -0.1) is 0 Å². The lowest BCUT2D eigenvalue weighted by Gasteiger charge is -2.17. The van der Waals surface area contributed by atoms with Gasteiger partial charge in [-0.25, -0.2) is 0 Å². The number of hydrogen-bond acceptors (Lipinski definition) is 4. The Morgan fingerprint density at radius 3 is 2.68 bits per heavy atom. The first-order chi connectivity index (χ1) is 16.4. The standard InChI is InChI=1S/C26H24Cl2N2O4/c1-33-24-11-17(10-21(28)25(24)34-15-16-5-4-6-19(27)9-16)13-29-23(26(31)32)12-18-14-30-22-8-3-2-7-20(18)22/h2-11,14,23,29-30H,12-13,15H2,1H3,(H,31,32). The normalized spacial score (nSPS) is 12.0. The third kappa shape index (κ3) is 5.65. The summed E-state index contributed by atoms with van der Waals surface area (Å²) in [4.78, 5) is 15.1. The Bertz CT molecular complexity index is 1310. The van der Waals surface area contributed by atoms with Crippen LogP contribution in [0.25, 0.3) is 10.9 Å². The predicted molar refractivity (Wildman–Crippen MR) is 134 cm³/mol. The van der Waals surface area contributed by atoms with Crippen molar-refractivity contribution in [1.82, 2.24) is 10.3 Å². The molecule has 1 heterocycles. The number of carbonyl (C=O) groups is 1. The van der Waals surface area contributed by atoms with Gasteiger partial charge in [0.15, 0.2) is 11.5 Å². The van der Waals surface area contributed by atoms with Crippen molar-refractivity contribution in [1.29, 1.82) is 0 Å². The molecule has 0 amide bonds. The molecule has 6 nitrogen and oxygen atoms in total. The molecule has 1 aromatic heterocycles. The van der Waals surface area contributed by atoms with Gasteiger partial charge in [0.1, 0.15) is 12.6 Å². The van der Waals surface area contributed by atoms with Gasteiger partial charge in [0, 0.05) is 35.1 Å². The number of aromatic amines is 1. The zero-order chi connectivity index (χ0) is 24.1. The van der Waals surface area contributed by atoms with Crippen molar-refractivity contribution in [3.8, 4) is 11.5 Å². The maximum atomic E-state index is 11.9. The molecule has 0 radical (unpaired) electrons. The van der Waals surface area contributed by atoms with Gasteiger partial charge in [-0.2, -0.15) is 0 Å². The molecule has 1 unspecified atom stereocenters. The molecular weight excluding hydrogens is 475 g/mol. The van der Waals surface area contributed by atoms with E-state index in [-0.39, 0.29) is 6.61 Å². The summed E-state index contributed by atoms with van der Waals surface area (Å²) in [6, 6.07) is 18.0. The van der Waals surface area contributed by atoms with Crippen LogP contribution in [0, 0.1) is 0 Å². The summed E-state index contributed by atoms with van der Waals surface area (Å²) in [7, 11) is 1.53. The summed E-state index contributed by atoms with van der Waals surface area (Å²) >= 11 is 12.5. The minimum atomic E-state index is -0.926. The van der Waals surface area contributed by atoms with Crippen molar-refractivity contribution < 1.29 is 19.4 Å². The smallest absolute Gasteiger partial charge is 0.321 e. The van der Waals surface area contributed by atoms with Crippen molar-refractivity contribution in [2.45, 2.75) is 25.6 Å². The number of nitrogens with one attached hydrogen (secondary N) is 2. The number of carboxylic acids is 1. The Morgan fingerprint density at radius 1 is 1.09 bits per heavy atom. The first-order valence-electron chi connectivity index (χ1n) is 10.7. The third-order valence-corrected chi connectivity index (χ3v) is 6.03. The number of hydrogen-bond donors (Lipinski definition) is 3. The van der Waals surface area contributed by atoms with E-state index in [1.54, 1.807) is 18.2 Å². The van der Waals surface area contributed by atoms with Crippen LogP contribution < -0.4 is 14.8 Å². The predicted octanol–water partition coefficient (Wildman–Crippen LogP) is 5.85. The van der Waals surface area contributed by atoms with Gasteiger partial charge in [0.2, 0.25) is 0 Å². The molecule has 3 N–H and O–H groups in total. The average molecular weight is 499 g/mol. The largest absolute Gasteiger partial charge is 0.493 e. The number of fused-ring (bicyclic) bond motifs is 1. The van der Waals surface area contributed by atoms with Gasteiger partial charge in [-0.1, -0.05) is 53.5 Å². The lowest BCUT2D eigenvalue weighted by Crippen LogP contribution is -2.38. The topological polar surface area (TPSA) is 83.6 Å². The van der Waals surface area contributed by atoms with Crippen LogP contribution in [-0.2, 0) is 24.4 Å². The summed E-state index contributed by atoms with van der Waals surface area (Å²) in [6.07, 6.45) is 2.19. The summed E-state index contributed by atoms with van der Waals surface area (Å²) in [5, 5.41) is 14.9. The average Bonchev–Trinajstić information content (AvgIpc) is 3.23. The SMILES string of the molecule is COc1cc(CNC(Cc2c[nH]c3ccccc23)C(=O)O)cc(Cl)c1OCc1cccc(Cl)c1. The Labute approximate surface area is 207 Å². The molecule has 0 spiro atoms. The summed E-state index contributed by atoms with van der Waals surface area (Å²) in [5.41, 5.74) is 3.60. The number of methoxy groups -OCH3 is 1. The van der Waals surface area contributed by atoms with E-state index < -0.39 is 12.0 Å². The number of ether oxygens (including phenoxy) is 2. The molecule has 0 fully saturated rings. The zero-order valence-corrected chi connectivity index (χ0v) is 20.0. The highest BCUT2D eigenvalue weighted by atomic mass is 35.5. The first kappa shape index (κ1) is 24.0. The van der Waals surface area contributed by atoms with Crippen LogP contribution in [0.3, 0.4) is 0 Å². The van der Waals surface area contributed by atoms with Gasteiger partial charge in [-0.3, -0.25) is 4.79 Å². The Morgan fingerprint density at radius 2 is 1.91 bits per heavy atom. The Balaban J connectivity index is 1.45. The zero-order valence-electron chi connectivity index (χ0n) is 18.5. The Kier molecular flexibility index (Phi) is 7.63. The van der Waals surface area contributed by atoms with Gasteiger partial charge in [0.25, 0.3) is 0 Å². The van der Waals surface area contributed by atoms with Gasteiger partial charge in [0.05, 0.1) is 12.1 Å². The first-order valence-corrected chi connectivity index (χ1v) is 11.4. The van der Waals surface area contributed by atoms with Crippen molar-refractivity contribution in [3.05, 3.63) is 93.6 Å². The van der Waals surface area contributed by atoms with Gasteiger partial charge in [-0.05, 0) is 47.0 Å². The van der Waals surface area contributed by atoms with Crippen LogP contribution in [-0.4, -0.2) is 29.2 Å². The van der Waals surface area contributed by atoms with Crippen molar-refractivity contribution in [2.75, 3.05) is 7.11 Å². The lowest BCUT2D eigenvalue weighted by molar-refractivity contribution is -0.139. The molecule has 4 rings (SSSR count). The second-order valence-electron chi connectivity index (χ2n) is 7.86. The molecule has 0 aliphatic heterocycles. The van der Waals surface area contributed by atoms with Gasteiger partial charge < -0.3 is 24.9 Å². The van der Waals surface area contributed by atoms with Crippen molar-refractivity contribution in [2.24, 2.45) is 0 Å². The summed E-state index contributed by atoms with van der Waals surface area (Å²) in [5.74, 6) is -0.0406. The highest BCUT2D eigenvalue weighted by Gasteiger charge is 2.20. The number of aliphatic carboxylic acids is 1. The second kappa shape index (κ2) is 10.8. The highest BCUT2D eigenvalue weighted by Crippen LogP contribution is 2.37.